The fraction of sp³-hybridized carbons (Fsp3) is 0.300. The van der Waals surface area contributed by atoms with Crippen molar-refractivity contribution in [3.05, 3.63) is 40.4 Å². The van der Waals surface area contributed by atoms with E-state index in [1.54, 1.807) is 17.1 Å². The summed E-state index contributed by atoms with van der Waals surface area (Å²) in [5.41, 5.74) is 4.66. The van der Waals surface area contributed by atoms with E-state index in [0.717, 1.165) is 15.7 Å². The van der Waals surface area contributed by atoms with Crippen LogP contribution in [0.2, 0.25) is 0 Å². The Morgan fingerprint density at radius 3 is 2.94 bits per heavy atom. The molecule has 6 nitrogen and oxygen atoms in total. The van der Waals surface area contributed by atoms with Crippen LogP contribution in [-0.2, 0) is 13.5 Å². The highest BCUT2D eigenvalue weighted by atomic mass is 79.9. The minimum atomic E-state index is -0.0308. The number of rotatable bonds is 4. The van der Waals surface area contributed by atoms with Gasteiger partial charge in [0.2, 0.25) is 0 Å². The first kappa shape index (κ1) is 12.2. The second-order valence-electron chi connectivity index (χ2n) is 3.74. The Morgan fingerprint density at radius 1 is 1.53 bits per heavy atom. The van der Waals surface area contributed by atoms with Gasteiger partial charge in [0.25, 0.3) is 0 Å². The number of nitrogens with zero attached hydrogens (tertiary/aromatic N) is 4. The third-order valence-corrected chi connectivity index (χ3v) is 2.83. The molecule has 0 spiro atoms. The molecule has 0 fully saturated rings. The molecule has 3 N–H and O–H groups in total. The van der Waals surface area contributed by atoms with E-state index in [-0.39, 0.29) is 6.04 Å². The Hall–Kier alpha value is -1.31. The van der Waals surface area contributed by atoms with Crippen molar-refractivity contribution in [2.45, 2.75) is 12.5 Å². The first-order chi connectivity index (χ1) is 8.19. The van der Waals surface area contributed by atoms with Gasteiger partial charge < -0.3 is 0 Å². The van der Waals surface area contributed by atoms with Crippen molar-refractivity contribution < 1.29 is 0 Å². The van der Waals surface area contributed by atoms with Gasteiger partial charge in [-0.25, -0.2) is 0 Å². The Labute approximate surface area is 107 Å². The number of hydrogen-bond donors (Lipinski definition) is 2. The summed E-state index contributed by atoms with van der Waals surface area (Å²) in [4.78, 5) is 4.12. The van der Waals surface area contributed by atoms with Gasteiger partial charge in [-0.3, -0.25) is 20.9 Å². The van der Waals surface area contributed by atoms with E-state index in [1.807, 2.05) is 19.3 Å². The number of nitrogens with one attached hydrogen (secondary N) is 1. The van der Waals surface area contributed by atoms with Crippen LogP contribution in [-0.4, -0.2) is 20.0 Å². The normalized spacial score (nSPS) is 12.6. The molecule has 0 aliphatic rings. The summed E-state index contributed by atoms with van der Waals surface area (Å²) in [7, 11) is 1.84. The van der Waals surface area contributed by atoms with Crippen molar-refractivity contribution in [1.29, 1.82) is 0 Å². The lowest BCUT2D eigenvalue weighted by atomic mass is 10.1. The van der Waals surface area contributed by atoms with Gasteiger partial charge in [-0.2, -0.15) is 0 Å². The summed E-state index contributed by atoms with van der Waals surface area (Å²) in [5.74, 6) is 5.56. The number of aryl methyl sites for hydroxylation is 1. The van der Waals surface area contributed by atoms with Gasteiger partial charge in [0, 0.05) is 36.5 Å². The maximum Gasteiger partial charge on any atom is 0.0846 e. The van der Waals surface area contributed by atoms with Crippen LogP contribution in [0.15, 0.2) is 29.1 Å². The molecule has 0 bridgehead atoms. The highest BCUT2D eigenvalue weighted by Gasteiger charge is 2.13. The first-order valence-electron chi connectivity index (χ1n) is 5.11. The molecule has 2 rings (SSSR count). The van der Waals surface area contributed by atoms with Crippen molar-refractivity contribution in [3.63, 3.8) is 0 Å². The topological polar surface area (TPSA) is 81.7 Å². The minimum absolute atomic E-state index is 0.0308. The Kier molecular flexibility index (Phi) is 3.82. The molecule has 0 amide bonds. The van der Waals surface area contributed by atoms with E-state index in [1.165, 1.54) is 0 Å². The molecule has 1 unspecified atom stereocenters. The van der Waals surface area contributed by atoms with Crippen molar-refractivity contribution in [3.8, 4) is 0 Å². The molecule has 7 heteroatoms. The Balaban J connectivity index is 2.16. The molecule has 2 aromatic heterocycles. The molecule has 17 heavy (non-hydrogen) atoms. The monoisotopic (exact) mass is 296 g/mol. The minimum Gasteiger partial charge on any atom is -0.271 e. The Morgan fingerprint density at radius 2 is 2.35 bits per heavy atom. The van der Waals surface area contributed by atoms with Crippen LogP contribution in [0, 0.1) is 0 Å². The zero-order valence-electron chi connectivity index (χ0n) is 9.34. The van der Waals surface area contributed by atoms with E-state index in [2.05, 4.69) is 36.7 Å². The molecule has 0 aromatic carbocycles. The fourth-order valence-electron chi connectivity index (χ4n) is 1.59. The van der Waals surface area contributed by atoms with E-state index in [9.17, 15) is 0 Å². The van der Waals surface area contributed by atoms with Crippen LogP contribution in [0.5, 0.6) is 0 Å². The number of nitrogens with two attached hydrogens (primary N) is 1. The van der Waals surface area contributed by atoms with Gasteiger partial charge in [0.15, 0.2) is 0 Å². The molecule has 0 radical (unpaired) electrons. The summed E-state index contributed by atoms with van der Waals surface area (Å²) in [6.45, 7) is 0. The predicted octanol–water partition coefficient (Wildman–Crippen LogP) is 0.720. The second-order valence-corrected chi connectivity index (χ2v) is 4.66. The van der Waals surface area contributed by atoms with Crippen LogP contribution >= 0.6 is 15.9 Å². The van der Waals surface area contributed by atoms with Crippen molar-refractivity contribution in [1.82, 2.24) is 25.4 Å². The van der Waals surface area contributed by atoms with E-state index in [4.69, 9.17) is 5.84 Å². The molecule has 2 aromatic rings. The fourth-order valence-corrected chi connectivity index (χ4v) is 1.97. The zero-order valence-corrected chi connectivity index (χ0v) is 10.9. The smallest absolute Gasteiger partial charge is 0.0846 e. The second kappa shape index (κ2) is 5.35. The highest BCUT2D eigenvalue weighted by Crippen LogP contribution is 2.19. The van der Waals surface area contributed by atoms with Crippen molar-refractivity contribution >= 4 is 15.9 Å². The number of pyridine rings is 1. The molecule has 1 atom stereocenters. The maximum atomic E-state index is 5.56. The standard InChI is InChI=1S/C10H13BrN6/c1-17-6-9(15-16-17)3-10(14-12)7-2-8(11)5-13-4-7/h2,4-6,10,14H,3,12H2,1H3. The van der Waals surface area contributed by atoms with Gasteiger partial charge in [-0.05, 0) is 27.6 Å². The third-order valence-electron chi connectivity index (χ3n) is 2.39. The van der Waals surface area contributed by atoms with E-state index >= 15 is 0 Å². The SMILES string of the molecule is Cn1cc(CC(NN)c2cncc(Br)c2)nn1. The van der Waals surface area contributed by atoms with Crippen LogP contribution in [0.4, 0.5) is 0 Å². The van der Waals surface area contributed by atoms with Crippen LogP contribution in [0.1, 0.15) is 17.3 Å². The first-order valence-corrected chi connectivity index (χ1v) is 5.90. The molecule has 0 saturated carbocycles. The average Bonchev–Trinajstić information content (AvgIpc) is 2.72. The molecule has 0 aliphatic carbocycles. The number of aromatic nitrogens is 4. The van der Waals surface area contributed by atoms with Gasteiger partial charge in [0.1, 0.15) is 0 Å². The number of halogens is 1. The summed E-state index contributed by atoms with van der Waals surface area (Å²) >= 11 is 3.39. The maximum absolute atomic E-state index is 5.56. The van der Waals surface area contributed by atoms with Crippen LogP contribution in [0.25, 0.3) is 0 Å². The van der Waals surface area contributed by atoms with Gasteiger partial charge >= 0.3 is 0 Å². The average molecular weight is 297 g/mol. The van der Waals surface area contributed by atoms with Gasteiger partial charge in [-0.1, -0.05) is 5.21 Å². The van der Waals surface area contributed by atoms with Crippen LogP contribution < -0.4 is 11.3 Å². The Bertz CT molecular complexity index is 497. The lowest BCUT2D eigenvalue weighted by Gasteiger charge is -2.14. The lowest BCUT2D eigenvalue weighted by molar-refractivity contribution is 0.543. The van der Waals surface area contributed by atoms with Gasteiger partial charge in [0.05, 0.1) is 11.7 Å². The summed E-state index contributed by atoms with van der Waals surface area (Å²) in [6, 6.07) is 1.95. The third kappa shape index (κ3) is 3.09. The number of hydrazine groups is 1. The molecule has 2 heterocycles. The lowest BCUT2D eigenvalue weighted by Crippen LogP contribution is -2.29. The number of hydrogen-bond acceptors (Lipinski definition) is 5. The van der Waals surface area contributed by atoms with E-state index in [0.29, 0.717) is 6.42 Å². The predicted molar refractivity (Wildman–Crippen MR) is 66.7 cm³/mol. The van der Waals surface area contributed by atoms with Crippen LogP contribution in [0.3, 0.4) is 0 Å². The summed E-state index contributed by atoms with van der Waals surface area (Å²) in [5, 5.41) is 7.93. The molecular formula is C10H13BrN6. The molecule has 0 aliphatic heterocycles. The summed E-state index contributed by atoms with van der Waals surface area (Å²) < 4.78 is 2.59. The van der Waals surface area contributed by atoms with E-state index < -0.39 is 0 Å². The largest absolute Gasteiger partial charge is 0.271 e. The highest BCUT2D eigenvalue weighted by molar-refractivity contribution is 9.10. The van der Waals surface area contributed by atoms with Gasteiger partial charge in [-0.15, -0.1) is 5.10 Å². The molecule has 90 valence electrons. The molecule has 0 saturated heterocycles. The summed E-state index contributed by atoms with van der Waals surface area (Å²) in [6.07, 6.45) is 6.06. The quantitative estimate of drug-likeness (QED) is 0.642. The van der Waals surface area contributed by atoms with Crippen molar-refractivity contribution in [2.24, 2.45) is 12.9 Å². The zero-order chi connectivity index (χ0) is 12.3. The van der Waals surface area contributed by atoms with Crippen molar-refractivity contribution in [2.75, 3.05) is 0 Å². The molecular weight excluding hydrogens is 284 g/mol.